The van der Waals surface area contributed by atoms with E-state index in [1.165, 1.54) is 17.0 Å². The van der Waals surface area contributed by atoms with Crippen LogP contribution in [-0.4, -0.2) is 29.1 Å². The quantitative estimate of drug-likeness (QED) is 0.708. The molecule has 4 nitrogen and oxygen atoms in total. The minimum atomic E-state index is -0.0662. The number of amidine groups is 1. The van der Waals surface area contributed by atoms with Crippen LogP contribution in [0.1, 0.15) is 15.2 Å². The van der Waals surface area contributed by atoms with Gasteiger partial charge in [0.05, 0.1) is 17.1 Å². The maximum Gasteiger partial charge on any atom is 0.265 e. The summed E-state index contributed by atoms with van der Waals surface area (Å²) in [4.78, 5) is 20.0. The van der Waals surface area contributed by atoms with Crippen LogP contribution in [0.2, 0.25) is 0 Å². The van der Waals surface area contributed by atoms with Gasteiger partial charge in [0.2, 0.25) is 0 Å². The van der Waals surface area contributed by atoms with Gasteiger partial charge < -0.3 is 10.2 Å². The normalized spacial score (nSPS) is 15.8. The molecule has 0 spiro atoms. The maximum atomic E-state index is 12.5. The molecule has 0 bridgehead atoms. The SMILES string of the molecule is O=C(Nc1ccc(C2=CSC3=NCCN23)cc1)c1cc2ccccc2s1. The van der Waals surface area contributed by atoms with E-state index in [2.05, 4.69) is 20.6 Å². The lowest BCUT2D eigenvalue weighted by Crippen LogP contribution is -2.19. The highest BCUT2D eigenvalue weighted by Crippen LogP contribution is 2.35. The summed E-state index contributed by atoms with van der Waals surface area (Å²) < 4.78 is 1.13. The zero-order valence-electron chi connectivity index (χ0n) is 13.8. The van der Waals surface area contributed by atoms with Gasteiger partial charge >= 0.3 is 0 Å². The molecule has 128 valence electrons. The summed E-state index contributed by atoms with van der Waals surface area (Å²) in [5, 5.41) is 7.32. The first kappa shape index (κ1) is 15.7. The van der Waals surface area contributed by atoms with E-state index in [0.29, 0.717) is 0 Å². The summed E-state index contributed by atoms with van der Waals surface area (Å²) in [6.07, 6.45) is 0. The molecule has 0 aliphatic carbocycles. The van der Waals surface area contributed by atoms with E-state index in [4.69, 9.17) is 0 Å². The average Bonchev–Trinajstić information content (AvgIpc) is 3.37. The molecular weight excluding hydrogens is 362 g/mol. The Morgan fingerprint density at radius 2 is 1.96 bits per heavy atom. The fourth-order valence-electron chi connectivity index (χ4n) is 3.16. The molecule has 0 atom stereocenters. The van der Waals surface area contributed by atoms with Crippen LogP contribution in [0, 0.1) is 0 Å². The molecule has 2 aliphatic rings. The highest BCUT2D eigenvalue weighted by Gasteiger charge is 2.26. The molecule has 3 aromatic rings. The van der Waals surface area contributed by atoms with E-state index in [0.717, 1.165) is 44.5 Å². The number of hydrogen-bond donors (Lipinski definition) is 1. The van der Waals surface area contributed by atoms with Crippen molar-refractivity contribution in [3.63, 3.8) is 0 Å². The second-order valence-electron chi connectivity index (χ2n) is 6.12. The van der Waals surface area contributed by atoms with E-state index < -0.39 is 0 Å². The second-order valence-corrected chi connectivity index (χ2v) is 8.04. The summed E-state index contributed by atoms with van der Waals surface area (Å²) in [5.74, 6) is -0.0662. The van der Waals surface area contributed by atoms with Gasteiger partial charge in [0, 0.05) is 22.3 Å². The zero-order valence-corrected chi connectivity index (χ0v) is 15.4. The number of fused-ring (bicyclic) bond motifs is 2. The van der Waals surface area contributed by atoms with Crippen molar-refractivity contribution in [3.8, 4) is 0 Å². The lowest BCUT2D eigenvalue weighted by molar-refractivity contribution is 0.103. The van der Waals surface area contributed by atoms with Crippen LogP contribution >= 0.6 is 23.1 Å². The molecule has 1 aromatic heterocycles. The fraction of sp³-hybridized carbons (Fsp3) is 0.100. The first-order valence-electron chi connectivity index (χ1n) is 8.37. The molecule has 0 saturated carbocycles. The van der Waals surface area contributed by atoms with Crippen LogP contribution in [0.4, 0.5) is 5.69 Å². The number of thiophene rings is 1. The summed E-state index contributed by atoms with van der Waals surface area (Å²) >= 11 is 3.19. The number of hydrogen-bond acceptors (Lipinski definition) is 5. The molecule has 0 radical (unpaired) electrons. The first-order chi connectivity index (χ1) is 12.8. The van der Waals surface area contributed by atoms with E-state index in [-0.39, 0.29) is 5.91 Å². The highest BCUT2D eigenvalue weighted by atomic mass is 32.2. The Labute approximate surface area is 159 Å². The molecule has 0 unspecified atom stereocenters. The number of nitrogens with zero attached hydrogens (tertiary/aromatic N) is 2. The molecule has 26 heavy (non-hydrogen) atoms. The van der Waals surface area contributed by atoms with Crippen LogP contribution in [0.3, 0.4) is 0 Å². The predicted molar refractivity (Wildman–Crippen MR) is 111 cm³/mol. The number of benzene rings is 2. The largest absolute Gasteiger partial charge is 0.321 e. The van der Waals surface area contributed by atoms with Gasteiger partial charge in [0.25, 0.3) is 5.91 Å². The number of amides is 1. The van der Waals surface area contributed by atoms with Crippen molar-refractivity contribution in [2.24, 2.45) is 4.99 Å². The van der Waals surface area contributed by atoms with Crippen LogP contribution in [0.5, 0.6) is 0 Å². The monoisotopic (exact) mass is 377 g/mol. The van der Waals surface area contributed by atoms with Gasteiger partial charge in [-0.2, -0.15) is 0 Å². The van der Waals surface area contributed by atoms with Crippen LogP contribution in [0.15, 0.2) is 65.0 Å². The summed E-state index contributed by atoms with van der Waals surface area (Å²) in [6, 6.07) is 18.0. The van der Waals surface area contributed by atoms with E-state index >= 15 is 0 Å². The van der Waals surface area contributed by atoms with Crippen molar-refractivity contribution < 1.29 is 4.79 Å². The Morgan fingerprint density at radius 3 is 2.81 bits per heavy atom. The van der Waals surface area contributed by atoms with E-state index in [9.17, 15) is 4.79 Å². The van der Waals surface area contributed by atoms with Gasteiger partial charge in [-0.05, 0) is 35.2 Å². The molecule has 5 rings (SSSR count). The van der Waals surface area contributed by atoms with Crippen molar-refractivity contribution in [2.45, 2.75) is 0 Å². The maximum absolute atomic E-state index is 12.5. The number of carbonyl (C=O) groups excluding carboxylic acids is 1. The summed E-state index contributed by atoms with van der Waals surface area (Å²) in [6.45, 7) is 1.81. The number of anilines is 1. The average molecular weight is 377 g/mol. The molecule has 2 aliphatic heterocycles. The van der Waals surface area contributed by atoms with E-state index in [1.54, 1.807) is 11.8 Å². The topological polar surface area (TPSA) is 44.7 Å². The molecule has 2 aromatic carbocycles. The Morgan fingerprint density at radius 1 is 1.12 bits per heavy atom. The molecule has 1 N–H and O–H groups in total. The number of thioether (sulfide) groups is 1. The van der Waals surface area contributed by atoms with Crippen LogP contribution in [0.25, 0.3) is 15.8 Å². The Bertz CT molecular complexity index is 1030. The number of aliphatic imine (C=N–C) groups is 1. The Hall–Kier alpha value is -2.57. The van der Waals surface area contributed by atoms with Crippen molar-refractivity contribution in [1.82, 2.24) is 4.90 Å². The van der Waals surface area contributed by atoms with Crippen LogP contribution in [-0.2, 0) is 0 Å². The predicted octanol–water partition coefficient (Wildman–Crippen LogP) is 4.87. The van der Waals surface area contributed by atoms with Gasteiger partial charge in [-0.15, -0.1) is 11.3 Å². The zero-order chi connectivity index (χ0) is 17.5. The third kappa shape index (κ3) is 2.71. The van der Waals surface area contributed by atoms with Gasteiger partial charge in [0.15, 0.2) is 5.17 Å². The number of carbonyl (C=O) groups is 1. The minimum Gasteiger partial charge on any atom is -0.321 e. The van der Waals surface area contributed by atoms with Crippen molar-refractivity contribution in [2.75, 3.05) is 18.4 Å². The van der Waals surface area contributed by atoms with Gasteiger partial charge in [-0.25, -0.2) is 0 Å². The highest BCUT2D eigenvalue weighted by molar-refractivity contribution is 8.16. The molecule has 6 heteroatoms. The Kier molecular flexibility index (Phi) is 3.80. The fourth-order valence-corrected chi connectivity index (χ4v) is 5.08. The summed E-state index contributed by atoms with van der Waals surface area (Å²) in [7, 11) is 0. The first-order valence-corrected chi connectivity index (χ1v) is 10.1. The van der Waals surface area contributed by atoms with E-state index in [1.807, 2.05) is 54.6 Å². The smallest absolute Gasteiger partial charge is 0.265 e. The van der Waals surface area contributed by atoms with Crippen molar-refractivity contribution in [3.05, 3.63) is 70.4 Å². The van der Waals surface area contributed by atoms with Crippen molar-refractivity contribution in [1.29, 1.82) is 0 Å². The summed E-state index contributed by atoms with van der Waals surface area (Å²) in [5.41, 5.74) is 3.14. The lowest BCUT2D eigenvalue weighted by atomic mass is 10.1. The second kappa shape index (κ2) is 6.30. The third-order valence-electron chi connectivity index (χ3n) is 4.46. The molecule has 3 heterocycles. The molecule has 1 amide bonds. The van der Waals surface area contributed by atoms with Gasteiger partial charge in [0.1, 0.15) is 0 Å². The Balaban J connectivity index is 1.33. The molecule has 0 saturated heterocycles. The van der Waals surface area contributed by atoms with Gasteiger partial charge in [-0.1, -0.05) is 42.1 Å². The third-order valence-corrected chi connectivity index (χ3v) is 6.47. The number of nitrogens with one attached hydrogen (secondary N) is 1. The minimum absolute atomic E-state index is 0.0662. The number of rotatable bonds is 3. The van der Waals surface area contributed by atoms with Crippen LogP contribution < -0.4 is 5.32 Å². The molecule has 0 fully saturated rings. The molecular formula is C20H15N3OS2. The lowest BCUT2D eigenvalue weighted by Gasteiger charge is -2.16. The van der Waals surface area contributed by atoms with Crippen molar-refractivity contribution >= 4 is 55.6 Å². The van der Waals surface area contributed by atoms with Gasteiger partial charge in [-0.3, -0.25) is 9.79 Å². The standard InChI is InChI=1S/C20H15N3OS2/c24-19(18-11-14-3-1-2-4-17(14)26-18)22-15-7-5-13(6-8-15)16-12-25-20-21-9-10-23(16)20/h1-8,11-12H,9-10H2,(H,22,24).